The maximum absolute atomic E-state index is 11.5. The first-order chi connectivity index (χ1) is 6.29. The molecule has 0 spiro atoms. The van der Waals surface area contributed by atoms with Crippen LogP contribution in [0, 0.1) is 11.8 Å². The molecule has 0 aromatic heterocycles. The molecule has 1 aliphatic rings. The number of carbonyl (C=O) groups excluding carboxylic acids is 1. The Labute approximate surface area is 79.8 Å². The van der Waals surface area contributed by atoms with Gasteiger partial charge < -0.3 is 10.1 Å². The van der Waals surface area contributed by atoms with Gasteiger partial charge in [-0.05, 0) is 25.8 Å². The van der Waals surface area contributed by atoms with Crippen molar-refractivity contribution in [3.63, 3.8) is 0 Å². The number of hydrogen-bond donors (Lipinski definition) is 1. The summed E-state index contributed by atoms with van der Waals surface area (Å²) < 4.78 is 5.02. The van der Waals surface area contributed by atoms with Crippen molar-refractivity contribution in [2.75, 3.05) is 19.7 Å². The summed E-state index contributed by atoms with van der Waals surface area (Å²) in [5.74, 6) is 0.565. The van der Waals surface area contributed by atoms with E-state index in [4.69, 9.17) is 4.74 Å². The summed E-state index contributed by atoms with van der Waals surface area (Å²) >= 11 is 0. The summed E-state index contributed by atoms with van der Waals surface area (Å²) in [4.78, 5) is 11.5. The van der Waals surface area contributed by atoms with Crippen molar-refractivity contribution in [3.05, 3.63) is 0 Å². The smallest absolute Gasteiger partial charge is 0.310 e. The Hall–Kier alpha value is -0.570. The fourth-order valence-corrected chi connectivity index (χ4v) is 1.93. The summed E-state index contributed by atoms with van der Waals surface area (Å²) in [6.45, 7) is 6.27. The second kappa shape index (κ2) is 5.22. The molecule has 0 radical (unpaired) electrons. The van der Waals surface area contributed by atoms with Crippen molar-refractivity contribution in [3.8, 4) is 0 Å². The molecule has 13 heavy (non-hydrogen) atoms. The highest BCUT2D eigenvalue weighted by atomic mass is 16.5. The zero-order chi connectivity index (χ0) is 9.68. The second-order valence-corrected chi connectivity index (χ2v) is 3.57. The van der Waals surface area contributed by atoms with E-state index in [1.54, 1.807) is 0 Å². The van der Waals surface area contributed by atoms with Gasteiger partial charge in [-0.1, -0.05) is 13.3 Å². The lowest BCUT2D eigenvalue weighted by Crippen LogP contribution is -2.25. The van der Waals surface area contributed by atoms with Crippen LogP contribution in [0.3, 0.4) is 0 Å². The minimum absolute atomic E-state index is 0.0223. The molecule has 1 rings (SSSR count). The third kappa shape index (κ3) is 2.69. The van der Waals surface area contributed by atoms with E-state index in [9.17, 15) is 4.79 Å². The first kappa shape index (κ1) is 10.5. The zero-order valence-electron chi connectivity index (χ0n) is 8.51. The van der Waals surface area contributed by atoms with E-state index in [1.165, 1.54) is 0 Å². The van der Waals surface area contributed by atoms with Crippen LogP contribution in [0.25, 0.3) is 0 Å². The summed E-state index contributed by atoms with van der Waals surface area (Å²) in [5, 5.41) is 3.25. The fraction of sp³-hybridized carbons (Fsp3) is 0.900. The lowest BCUT2D eigenvalue weighted by molar-refractivity contribution is -0.148. The lowest BCUT2D eigenvalue weighted by Gasteiger charge is -2.15. The summed E-state index contributed by atoms with van der Waals surface area (Å²) in [5.41, 5.74) is 0. The van der Waals surface area contributed by atoms with Crippen LogP contribution < -0.4 is 5.32 Å². The lowest BCUT2D eigenvalue weighted by atomic mass is 9.92. The predicted molar refractivity (Wildman–Crippen MR) is 51.4 cm³/mol. The number of nitrogens with one attached hydrogen (secondary N) is 1. The molecule has 2 atom stereocenters. The molecule has 1 N–H and O–H groups in total. The van der Waals surface area contributed by atoms with Gasteiger partial charge in [0.05, 0.1) is 12.5 Å². The minimum Gasteiger partial charge on any atom is -0.466 e. The number of ether oxygens (including phenoxy) is 1. The molecule has 0 aromatic carbocycles. The molecule has 1 heterocycles. The van der Waals surface area contributed by atoms with Gasteiger partial charge in [-0.3, -0.25) is 4.79 Å². The van der Waals surface area contributed by atoms with E-state index in [0.29, 0.717) is 12.5 Å². The first-order valence-corrected chi connectivity index (χ1v) is 5.16. The standard InChI is InChI=1S/C10H19NO2/c1-3-5-8-6-11-7-9(8)10(12)13-4-2/h8-9,11H,3-7H2,1-2H3. The van der Waals surface area contributed by atoms with Crippen LogP contribution in [-0.4, -0.2) is 25.7 Å². The monoisotopic (exact) mass is 185 g/mol. The van der Waals surface area contributed by atoms with Crippen molar-refractivity contribution in [2.45, 2.75) is 26.7 Å². The Morgan fingerprint density at radius 2 is 2.23 bits per heavy atom. The van der Waals surface area contributed by atoms with Crippen molar-refractivity contribution in [1.82, 2.24) is 5.32 Å². The van der Waals surface area contributed by atoms with Gasteiger partial charge in [0.15, 0.2) is 0 Å². The van der Waals surface area contributed by atoms with Gasteiger partial charge >= 0.3 is 5.97 Å². The molecule has 0 saturated carbocycles. The number of esters is 1. The predicted octanol–water partition coefficient (Wildman–Crippen LogP) is 1.19. The molecule has 0 aromatic rings. The Bertz CT molecular complexity index is 170. The van der Waals surface area contributed by atoms with Crippen LogP contribution in [0.5, 0.6) is 0 Å². The number of hydrogen-bond acceptors (Lipinski definition) is 3. The van der Waals surface area contributed by atoms with Crippen molar-refractivity contribution < 1.29 is 9.53 Å². The van der Waals surface area contributed by atoms with Gasteiger partial charge in [-0.15, -0.1) is 0 Å². The van der Waals surface area contributed by atoms with Crippen molar-refractivity contribution >= 4 is 5.97 Å². The van der Waals surface area contributed by atoms with Gasteiger partial charge in [0.2, 0.25) is 0 Å². The van der Waals surface area contributed by atoms with Crippen LogP contribution in [0.15, 0.2) is 0 Å². The topological polar surface area (TPSA) is 38.3 Å². The SMILES string of the molecule is CCCC1CNCC1C(=O)OCC. The van der Waals surface area contributed by atoms with Crippen molar-refractivity contribution in [1.29, 1.82) is 0 Å². The summed E-state index contributed by atoms with van der Waals surface area (Å²) in [6.07, 6.45) is 2.26. The van der Waals surface area contributed by atoms with Crippen LogP contribution in [0.4, 0.5) is 0 Å². The van der Waals surface area contributed by atoms with Gasteiger partial charge in [0.25, 0.3) is 0 Å². The molecule has 0 amide bonds. The van der Waals surface area contributed by atoms with Gasteiger partial charge in [-0.2, -0.15) is 0 Å². The summed E-state index contributed by atoms with van der Waals surface area (Å²) in [6, 6.07) is 0. The molecular weight excluding hydrogens is 166 g/mol. The van der Waals surface area contributed by atoms with E-state index in [-0.39, 0.29) is 11.9 Å². The highest BCUT2D eigenvalue weighted by Gasteiger charge is 2.32. The normalized spacial score (nSPS) is 27.5. The van der Waals surface area contributed by atoms with Crippen molar-refractivity contribution in [2.24, 2.45) is 11.8 Å². The molecule has 76 valence electrons. The maximum Gasteiger partial charge on any atom is 0.310 e. The van der Waals surface area contributed by atoms with Crippen LogP contribution >= 0.6 is 0 Å². The molecular formula is C10H19NO2. The van der Waals surface area contributed by atoms with Crippen LogP contribution in [-0.2, 0) is 9.53 Å². The minimum atomic E-state index is -0.0223. The molecule has 0 aliphatic carbocycles. The Balaban J connectivity index is 2.42. The molecule has 0 bridgehead atoms. The Kier molecular flexibility index (Phi) is 4.22. The highest BCUT2D eigenvalue weighted by Crippen LogP contribution is 2.22. The van der Waals surface area contributed by atoms with E-state index < -0.39 is 0 Å². The van der Waals surface area contributed by atoms with Crippen LogP contribution in [0.1, 0.15) is 26.7 Å². The molecule has 1 fully saturated rings. The van der Waals surface area contributed by atoms with E-state index in [1.807, 2.05) is 6.92 Å². The maximum atomic E-state index is 11.5. The van der Waals surface area contributed by atoms with E-state index in [2.05, 4.69) is 12.2 Å². The molecule has 2 unspecified atom stereocenters. The average Bonchev–Trinajstić information content (AvgIpc) is 2.54. The van der Waals surface area contributed by atoms with Crippen LogP contribution in [0.2, 0.25) is 0 Å². The average molecular weight is 185 g/mol. The van der Waals surface area contributed by atoms with Gasteiger partial charge in [0, 0.05) is 6.54 Å². The third-order valence-electron chi connectivity index (χ3n) is 2.59. The Morgan fingerprint density at radius 1 is 1.46 bits per heavy atom. The van der Waals surface area contributed by atoms with E-state index in [0.717, 1.165) is 25.9 Å². The Morgan fingerprint density at radius 3 is 2.85 bits per heavy atom. The molecule has 1 aliphatic heterocycles. The molecule has 3 heteroatoms. The number of carbonyl (C=O) groups is 1. The third-order valence-corrected chi connectivity index (χ3v) is 2.59. The van der Waals surface area contributed by atoms with Gasteiger partial charge in [-0.25, -0.2) is 0 Å². The molecule has 3 nitrogen and oxygen atoms in total. The quantitative estimate of drug-likeness (QED) is 0.668. The first-order valence-electron chi connectivity index (χ1n) is 5.16. The van der Waals surface area contributed by atoms with E-state index >= 15 is 0 Å². The molecule has 1 saturated heterocycles. The zero-order valence-corrected chi connectivity index (χ0v) is 8.51. The second-order valence-electron chi connectivity index (χ2n) is 3.57. The largest absolute Gasteiger partial charge is 0.466 e. The number of rotatable bonds is 4. The van der Waals surface area contributed by atoms with Gasteiger partial charge in [0.1, 0.15) is 0 Å². The summed E-state index contributed by atoms with van der Waals surface area (Å²) in [7, 11) is 0. The fourth-order valence-electron chi connectivity index (χ4n) is 1.93. The highest BCUT2D eigenvalue weighted by molar-refractivity contribution is 5.73.